The largest absolute Gasteiger partial charge is 0.481 e. The lowest BCUT2D eigenvalue weighted by molar-refractivity contribution is 0.311. The Kier molecular flexibility index (Phi) is 4.83. The third-order valence-corrected chi connectivity index (χ3v) is 5.23. The lowest BCUT2D eigenvalue weighted by Gasteiger charge is -2.34. The van der Waals surface area contributed by atoms with Gasteiger partial charge in [-0.1, -0.05) is 0 Å². The van der Waals surface area contributed by atoms with Crippen molar-refractivity contribution in [1.82, 2.24) is 24.8 Å². The monoisotopic (exact) mass is 355 g/mol. The van der Waals surface area contributed by atoms with Gasteiger partial charge in [-0.25, -0.2) is 19.9 Å². The summed E-state index contributed by atoms with van der Waals surface area (Å²) in [5.41, 5.74) is 2.46. The van der Waals surface area contributed by atoms with Crippen LogP contribution in [0.1, 0.15) is 11.3 Å². The smallest absolute Gasteiger partial charge is 0.218 e. The average molecular weight is 355 g/mol. The van der Waals surface area contributed by atoms with Crippen molar-refractivity contribution in [3.63, 3.8) is 0 Å². The maximum Gasteiger partial charge on any atom is 0.218 e. The van der Waals surface area contributed by atoms with Crippen LogP contribution in [0.15, 0.2) is 18.7 Å². The molecule has 0 bridgehead atoms. The molecule has 0 saturated carbocycles. The number of ether oxygens (including phenoxy) is 1. The van der Waals surface area contributed by atoms with E-state index in [4.69, 9.17) is 4.74 Å². The van der Waals surface area contributed by atoms with E-state index < -0.39 is 0 Å². The molecule has 2 aliphatic rings. The topological polar surface area (TPSA) is 70.5 Å². The van der Waals surface area contributed by atoms with Crippen molar-refractivity contribution in [1.29, 1.82) is 0 Å². The number of methoxy groups -OCH3 is 1. The molecule has 1 saturated heterocycles. The number of fused-ring (bicyclic) bond motifs is 1. The minimum absolute atomic E-state index is 0.592. The second-order valence-electron chi connectivity index (χ2n) is 6.82. The second-order valence-corrected chi connectivity index (χ2v) is 6.82. The highest BCUT2D eigenvalue weighted by Crippen LogP contribution is 2.26. The summed E-state index contributed by atoms with van der Waals surface area (Å²) in [4.78, 5) is 24.8. The Hall–Kier alpha value is -2.48. The van der Waals surface area contributed by atoms with Gasteiger partial charge in [-0.05, 0) is 13.5 Å². The Morgan fingerprint density at radius 2 is 1.62 bits per heavy atom. The van der Waals surface area contributed by atoms with E-state index in [0.717, 1.165) is 69.4 Å². The maximum absolute atomic E-state index is 5.24. The third-order valence-electron chi connectivity index (χ3n) is 5.23. The van der Waals surface area contributed by atoms with Crippen molar-refractivity contribution in [3.05, 3.63) is 30.0 Å². The SMILES string of the molecule is COc1cc(N2CCc3ncnc(N4CCN(C)CC4)c3CC2)ncn1. The van der Waals surface area contributed by atoms with Gasteiger partial charge in [-0.15, -0.1) is 0 Å². The Balaban J connectivity index is 1.55. The van der Waals surface area contributed by atoms with Crippen molar-refractivity contribution in [3.8, 4) is 5.88 Å². The number of aromatic nitrogens is 4. The van der Waals surface area contributed by atoms with Crippen molar-refractivity contribution in [2.75, 3.05) is 63.2 Å². The zero-order valence-corrected chi connectivity index (χ0v) is 15.4. The second kappa shape index (κ2) is 7.41. The molecule has 0 aromatic carbocycles. The van der Waals surface area contributed by atoms with Crippen LogP contribution >= 0.6 is 0 Å². The number of rotatable bonds is 3. The Morgan fingerprint density at radius 1 is 0.846 bits per heavy atom. The van der Waals surface area contributed by atoms with Crippen molar-refractivity contribution in [2.45, 2.75) is 12.8 Å². The third kappa shape index (κ3) is 3.41. The summed E-state index contributed by atoms with van der Waals surface area (Å²) in [6.45, 7) is 5.96. The van der Waals surface area contributed by atoms with Gasteiger partial charge in [0.05, 0.1) is 12.8 Å². The molecule has 2 aromatic rings. The van der Waals surface area contributed by atoms with Crippen molar-refractivity contribution >= 4 is 11.6 Å². The number of likely N-dealkylation sites (N-methyl/N-ethyl adjacent to an activating group) is 1. The molecule has 4 rings (SSSR count). The minimum atomic E-state index is 0.592. The normalized spacial score (nSPS) is 18.4. The van der Waals surface area contributed by atoms with E-state index in [9.17, 15) is 0 Å². The average Bonchev–Trinajstić information content (AvgIpc) is 2.91. The van der Waals surface area contributed by atoms with Crippen LogP contribution < -0.4 is 14.5 Å². The fourth-order valence-corrected chi connectivity index (χ4v) is 3.64. The first-order valence-electron chi connectivity index (χ1n) is 9.12. The summed E-state index contributed by atoms with van der Waals surface area (Å²) < 4.78 is 5.24. The van der Waals surface area contributed by atoms with Gasteiger partial charge in [0.15, 0.2) is 0 Å². The number of piperazine rings is 1. The number of anilines is 2. The van der Waals surface area contributed by atoms with Crippen molar-refractivity contribution in [2.24, 2.45) is 0 Å². The van der Waals surface area contributed by atoms with Crippen LogP contribution in [-0.4, -0.2) is 78.3 Å². The van der Waals surface area contributed by atoms with E-state index in [1.54, 1.807) is 19.8 Å². The van der Waals surface area contributed by atoms with Crippen LogP contribution in [0, 0.1) is 0 Å². The molecule has 0 N–H and O–H groups in total. The summed E-state index contributed by atoms with van der Waals surface area (Å²) in [5.74, 6) is 2.61. The van der Waals surface area contributed by atoms with Gasteiger partial charge in [0.25, 0.3) is 0 Å². The number of hydrogen-bond acceptors (Lipinski definition) is 8. The first kappa shape index (κ1) is 17.0. The molecule has 0 amide bonds. The molecule has 0 aliphatic carbocycles. The molecule has 0 atom stereocenters. The highest BCUT2D eigenvalue weighted by atomic mass is 16.5. The Morgan fingerprint density at radius 3 is 2.42 bits per heavy atom. The van der Waals surface area contributed by atoms with E-state index in [-0.39, 0.29) is 0 Å². The van der Waals surface area contributed by atoms with Crippen LogP contribution in [0.3, 0.4) is 0 Å². The van der Waals surface area contributed by atoms with Crippen LogP contribution in [0.25, 0.3) is 0 Å². The van der Waals surface area contributed by atoms with E-state index >= 15 is 0 Å². The van der Waals surface area contributed by atoms with Gasteiger partial charge < -0.3 is 19.4 Å². The van der Waals surface area contributed by atoms with Crippen molar-refractivity contribution < 1.29 is 4.74 Å². The predicted octanol–water partition coefficient (Wildman–Crippen LogP) is 0.632. The first-order valence-corrected chi connectivity index (χ1v) is 9.12. The van der Waals surface area contributed by atoms with E-state index in [1.807, 2.05) is 6.07 Å². The molecular formula is C18H25N7O. The summed E-state index contributed by atoms with van der Waals surface area (Å²) in [7, 11) is 3.80. The van der Waals surface area contributed by atoms with Crippen LogP contribution in [0.2, 0.25) is 0 Å². The molecule has 4 heterocycles. The molecule has 26 heavy (non-hydrogen) atoms. The fourth-order valence-electron chi connectivity index (χ4n) is 3.64. The molecule has 2 aliphatic heterocycles. The summed E-state index contributed by atoms with van der Waals surface area (Å²) in [5, 5.41) is 0. The standard InChI is InChI=1S/C18H25N7O/c1-23-7-9-25(10-8-23)18-14-3-5-24(6-4-15(14)19-12-22-18)16-11-17(26-2)21-13-20-16/h11-13H,3-10H2,1-2H3. The molecule has 0 spiro atoms. The lowest BCUT2D eigenvalue weighted by Crippen LogP contribution is -2.45. The van der Waals surface area contributed by atoms with Gasteiger partial charge in [0, 0.05) is 57.3 Å². The minimum Gasteiger partial charge on any atom is -0.481 e. The van der Waals surface area contributed by atoms with E-state index in [0.29, 0.717) is 5.88 Å². The number of hydrogen-bond donors (Lipinski definition) is 0. The van der Waals surface area contributed by atoms with Crippen LogP contribution in [-0.2, 0) is 12.8 Å². The zero-order valence-electron chi connectivity index (χ0n) is 15.4. The quantitative estimate of drug-likeness (QED) is 0.794. The maximum atomic E-state index is 5.24. The predicted molar refractivity (Wildman–Crippen MR) is 99.9 cm³/mol. The molecule has 138 valence electrons. The molecule has 8 nitrogen and oxygen atoms in total. The fraction of sp³-hybridized carbons (Fsp3) is 0.556. The first-order chi connectivity index (χ1) is 12.7. The molecular weight excluding hydrogens is 330 g/mol. The molecule has 1 fully saturated rings. The molecule has 2 aromatic heterocycles. The summed E-state index contributed by atoms with van der Waals surface area (Å²) in [6, 6.07) is 1.89. The lowest BCUT2D eigenvalue weighted by atomic mass is 10.1. The Labute approximate surface area is 153 Å². The van der Waals surface area contributed by atoms with E-state index in [1.165, 1.54) is 5.56 Å². The highest BCUT2D eigenvalue weighted by molar-refractivity contribution is 5.51. The molecule has 0 radical (unpaired) electrons. The van der Waals surface area contributed by atoms with Gasteiger partial charge >= 0.3 is 0 Å². The van der Waals surface area contributed by atoms with Gasteiger partial charge in [0.1, 0.15) is 24.3 Å². The van der Waals surface area contributed by atoms with Gasteiger partial charge in [-0.3, -0.25) is 0 Å². The molecule has 0 unspecified atom stereocenters. The number of nitrogens with zero attached hydrogens (tertiary/aromatic N) is 7. The highest BCUT2D eigenvalue weighted by Gasteiger charge is 2.24. The van der Waals surface area contributed by atoms with Crippen LogP contribution in [0.5, 0.6) is 5.88 Å². The summed E-state index contributed by atoms with van der Waals surface area (Å²) in [6.07, 6.45) is 5.09. The van der Waals surface area contributed by atoms with Crippen LogP contribution in [0.4, 0.5) is 11.6 Å². The summed E-state index contributed by atoms with van der Waals surface area (Å²) >= 11 is 0. The van der Waals surface area contributed by atoms with Gasteiger partial charge in [-0.2, -0.15) is 0 Å². The van der Waals surface area contributed by atoms with Gasteiger partial charge in [0.2, 0.25) is 5.88 Å². The molecule has 8 heteroatoms. The zero-order chi connectivity index (χ0) is 17.9. The Bertz CT molecular complexity index is 761. The van der Waals surface area contributed by atoms with E-state index in [2.05, 4.69) is 41.7 Å².